The minimum absolute atomic E-state index is 0.0361. The van der Waals surface area contributed by atoms with Crippen LogP contribution in [0.2, 0.25) is 0 Å². The summed E-state index contributed by atoms with van der Waals surface area (Å²) in [6, 6.07) is 7.27. The third-order valence-electron chi connectivity index (χ3n) is 2.36. The summed E-state index contributed by atoms with van der Waals surface area (Å²) in [4.78, 5) is 14.8. The molecule has 108 valence electrons. The first-order valence-electron chi connectivity index (χ1n) is 5.80. The normalized spacial score (nSPS) is 11.8. The van der Waals surface area contributed by atoms with Crippen molar-refractivity contribution in [1.82, 2.24) is 10.3 Å². The molecular formula is C12H11F3N2O2S. The standard InChI is InChI=1S/C12H11F3N2O2S/c13-12(14,15)10(18)16-6-3-7-20-11-17-8-4-1-2-5-9(8)19-11/h1-2,4-5H,3,6-7H2,(H,16,18). The third kappa shape index (κ3) is 3.89. The number of rotatable bonds is 5. The second-order valence-corrected chi connectivity index (χ2v) is 4.95. The first-order chi connectivity index (χ1) is 9.47. The van der Waals surface area contributed by atoms with Gasteiger partial charge in [-0.3, -0.25) is 4.79 Å². The minimum atomic E-state index is -4.83. The molecule has 0 saturated carbocycles. The van der Waals surface area contributed by atoms with Crippen LogP contribution in [-0.4, -0.2) is 29.4 Å². The highest BCUT2D eigenvalue weighted by Crippen LogP contribution is 2.23. The molecule has 0 spiro atoms. The quantitative estimate of drug-likeness (QED) is 0.681. The number of carbonyl (C=O) groups is 1. The highest BCUT2D eigenvalue weighted by molar-refractivity contribution is 7.99. The van der Waals surface area contributed by atoms with Gasteiger partial charge in [0.05, 0.1) is 0 Å². The van der Waals surface area contributed by atoms with Crippen LogP contribution in [0.1, 0.15) is 6.42 Å². The molecule has 0 bridgehead atoms. The van der Waals surface area contributed by atoms with Crippen molar-refractivity contribution in [2.45, 2.75) is 17.8 Å². The summed E-state index contributed by atoms with van der Waals surface area (Å²) in [5, 5.41) is 2.27. The Kier molecular flexibility index (Phi) is 4.53. The van der Waals surface area contributed by atoms with Gasteiger partial charge in [-0.15, -0.1) is 0 Å². The molecule has 1 aromatic carbocycles. The molecule has 4 nitrogen and oxygen atoms in total. The smallest absolute Gasteiger partial charge is 0.431 e. The summed E-state index contributed by atoms with van der Waals surface area (Å²) in [6.45, 7) is -0.0361. The number of nitrogens with zero attached hydrogens (tertiary/aromatic N) is 1. The molecule has 8 heteroatoms. The van der Waals surface area contributed by atoms with E-state index in [-0.39, 0.29) is 6.54 Å². The zero-order valence-corrected chi connectivity index (χ0v) is 11.1. The van der Waals surface area contributed by atoms with E-state index in [1.807, 2.05) is 23.5 Å². The monoisotopic (exact) mass is 304 g/mol. The number of nitrogens with one attached hydrogen (secondary N) is 1. The molecule has 0 fully saturated rings. The maximum atomic E-state index is 11.9. The molecule has 1 amide bonds. The highest BCUT2D eigenvalue weighted by atomic mass is 32.2. The van der Waals surface area contributed by atoms with E-state index in [0.717, 1.165) is 5.52 Å². The van der Waals surface area contributed by atoms with Crippen LogP contribution in [0.25, 0.3) is 11.1 Å². The molecule has 0 aliphatic carbocycles. The first-order valence-corrected chi connectivity index (χ1v) is 6.79. The Labute approximate surface area is 116 Å². The molecule has 0 atom stereocenters. The van der Waals surface area contributed by atoms with E-state index in [0.29, 0.717) is 23.0 Å². The fraction of sp³-hybridized carbons (Fsp3) is 0.333. The molecule has 0 saturated heterocycles. The van der Waals surface area contributed by atoms with Gasteiger partial charge in [-0.25, -0.2) is 4.98 Å². The Morgan fingerprint density at radius 2 is 2.10 bits per heavy atom. The van der Waals surface area contributed by atoms with Crippen molar-refractivity contribution in [3.63, 3.8) is 0 Å². The van der Waals surface area contributed by atoms with Crippen LogP contribution >= 0.6 is 11.8 Å². The fourth-order valence-corrected chi connectivity index (χ4v) is 2.22. The lowest BCUT2D eigenvalue weighted by atomic mass is 10.3. The number of carbonyl (C=O) groups excluding carboxylic acids is 1. The number of amides is 1. The van der Waals surface area contributed by atoms with E-state index in [2.05, 4.69) is 4.98 Å². The van der Waals surface area contributed by atoms with Crippen molar-refractivity contribution in [2.75, 3.05) is 12.3 Å². The Morgan fingerprint density at radius 3 is 2.80 bits per heavy atom. The third-order valence-corrected chi connectivity index (χ3v) is 3.28. The zero-order chi connectivity index (χ0) is 14.6. The second kappa shape index (κ2) is 6.17. The average Bonchev–Trinajstić information content (AvgIpc) is 2.79. The topological polar surface area (TPSA) is 55.1 Å². The fourth-order valence-electron chi connectivity index (χ4n) is 1.45. The SMILES string of the molecule is O=C(NCCCSc1nc2ccccc2o1)C(F)(F)F. The maximum Gasteiger partial charge on any atom is 0.471 e. The van der Waals surface area contributed by atoms with E-state index in [9.17, 15) is 18.0 Å². The lowest BCUT2D eigenvalue weighted by Crippen LogP contribution is -2.37. The molecule has 1 N–H and O–H groups in total. The predicted molar refractivity (Wildman–Crippen MR) is 68.4 cm³/mol. The Bertz CT molecular complexity index is 565. The summed E-state index contributed by atoms with van der Waals surface area (Å²) < 4.78 is 41.1. The summed E-state index contributed by atoms with van der Waals surface area (Å²) in [7, 11) is 0. The van der Waals surface area contributed by atoms with Gasteiger partial charge in [-0.1, -0.05) is 23.9 Å². The largest absolute Gasteiger partial charge is 0.471 e. The number of para-hydroxylation sites is 2. The molecule has 0 unspecified atom stereocenters. The zero-order valence-electron chi connectivity index (χ0n) is 10.2. The second-order valence-electron chi connectivity index (χ2n) is 3.90. The van der Waals surface area contributed by atoms with Crippen LogP contribution in [0, 0.1) is 0 Å². The molecule has 0 aliphatic heterocycles. The molecule has 0 radical (unpaired) electrons. The van der Waals surface area contributed by atoms with E-state index < -0.39 is 12.1 Å². The van der Waals surface area contributed by atoms with E-state index >= 15 is 0 Å². The summed E-state index contributed by atoms with van der Waals surface area (Å²) in [5.41, 5.74) is 1.40. The number of alkyl halides is 3. The van der Waals surface area contributed by atoms with E-state index in [4.69, 9.17) is 4.42 Å². The number of thioether (sulfide) groups is 1. The van der Waals surface area contributed by atoms with Gasteiger partial charge < -0.3 is 9.73 Å². The Morgan fingerprint density at radius 1 is 1.35 bits per heavy atom. The predicted octanol–water partition coefficient (Wildman–Crippen LogP) is 2.99. The van der Waals surface area contributed by atoms with E-state index in [1.54, 1.807) is 6.07 Å². The molecular weight excluding hydrogens is 293 g/mol. The number of benzene rings is 1. The Hall–Kier alpha value is -1.70. The molecule has 20 heavy (non-hydrogen) atoms. The van der Waals surface area contributed by atoms with Crippen LogP contribution in [0.15, 0.2) is 33.9 Å². The van der Waals surface area contributed by atoms with Gasteiger partial charge in [0.25, 0.3) is 5.22 Å². The van der Waals surface area contributed by atoms with Gasteiger partial charge in [0.2, 0.25) is 0 Å². The molecule has 1 aromatic heterocycles. The number of hydrogen-bond donors (Lipinski definition) is 1. The summed E-state index contributed by atoms with van der Waals surface area (Å²) in [5.74, 6) is -1.41. The number of fused-ring (bicyclic) bond motifs is 1. The van der Waals surface area contributed by atoms with Gasteiger partial charge >= 0.3 is 12.1 Å². The highest BCUT2D eigenvalue weighted by Gasteiger charge is 2.38. The van der Waals surface area contributed by atoms with Gasteiger partial charge in [-0.2, -0.15) is 13.2 Å². The van der Waals surface area contributed by atoms with Crippen LogP contribution in [0.4, 0.5) is 13.2 Å². The minimum Gasteiger partial charge on any atom is -0.431 e. The van der Waals surface area contributed by atoms with Crippen molar-refractivity contribution in [3.8, 4) is 0 Å². The van der Waals surface area contributed by atoms with Crippen LogP contribution < -0.4 is 5.32 Å². The lowest BCUT2D eigenvalue weighted by Gasteiger charge is -2.06. The number of halogens is 3. The molecule has 2 aromatic rings. The lowest BCUT2D eigenvalue weighted by molar-refractivity contribution is -0.173. The number of hydrogen-bond acceptors (Lipinski definition) is 4. The number of oxazole rings is 1. The molecule has 1 heterocycles. The van der Waals surface area contributed by atoms with Crippen LogP contribution in [0.5, 0.6) is 0 Å². The van der Waals surface area contributed by atoms with Crippen molar-refractivity contribution in [1.29, 1.82) is 0 Å². The van der Waals surface area contributed by atoms with Gasteiger partial charge in [0.1, 0.15) is 5.52 Å². The van der Waals surface area contributed by atoms with Gasteiger partial charge in [-0.05, 0) is 18.6 Å². The summed E-state index contributed by atoms with van der Waals surface area (Å²) in [6.07, 6.45) is -4.43. The van der Waals surface area contributed by atoms with Gasteiger partial charge in [0.15, 0.2) is 5.58 Å². The number of aromatic nitrogens is 1. The van der Waals surface area contributed by atoms with Crippen molar-refractivity contribution < 1.29 is 22.4 Å². The van der Waals surface area contributed by atoms with Crippen LogP contribution in [0.3, 0.4) is 0 Å². The Balaban J connectivity index is 1.72. The van der Waals surface area contributed by atoms with E-state index in [1.165, 1.54) is 11.8 Å². The van der Waals surface area contributed by atoms with Crippen molar-refractivity contribution >= 4 is 28.8 Å². The van der Waals surface area contributed by atoms with Crippen LogP contribution in [-0.2, 0) is 4.79 Å². The maximum absolute atomic E-state index is 11.9. The van der Waals surface area contributed by atoms with Gasteiger partial charge in [0, 0.05) is 12.3 Å². The molecule has 2 rings (SSSR count). The molecule has 0 aliphatic rings. The summed E-state index contributed by atoms with van der Waals surface area (Å²) >= 11 is 1.29. The van der Waals surface area contributed by atoms with Crippen molar-refractivity contribution in [3.05, 3.63) is 24.3 Å². The average molecular weight is 304 g/mol. The first kappa shape index (κ1) is 14.7. The van der Waals surface area contributed by atoms with Crippen molar-refractivity contribution in [2.24, 2.45) is 0 Å².